The molecular formula is C11H12N2O2. The predicted molar refractivity (Wildman–Crippen MR) is 55.9 cm³/mol. The minimum atomic E-state index is -0.238. The summed E-state index contributed by atoms with van der Waals surface area (Å²) in [5, 5.41) is 1.31. The zero-order valence-corrected chi connectivity index (χ0v) is 8.43. The van der Waals surface area contributed by atoms with Crippen molar-refractivity contribution in [1.82, 2.24) is 5.43 Å². The maximum atomic E-state index is 11.7. The van der Waals surface area contributed by atoms with Crippen LogP contribution in [0.3, 0.4) is 0 Å². The molecule has 78 valence electrons. The minimum Gasteiger partial charge on any atom is -0.273 e. The van der Waals surface area contributed by atoms with E-state index < -0.39 is 0 Å². The quantitative estimate of drug-likeness (QED) is 0.744. The van der Waals surface area contributed by atoms with Gasteiger partial charge < -0.3 is 0 Å². The Hall–Kier alpha value is -1.84. The zero-order valence-electron chi connectivity index (χ0n) is 8.43. The number of benzene rings is 1. The van der Waals surface area contributed by atoms with Crippen molar-refractivity contribution in [2.45, 2.75) is 13.3 Å². The Morgan fingerprint density at radius 2 is 1.93 bits per heavy atom. The second kappa shape index (κ2) is 3.73. The molecule has 15 heavy (non-hydrogen) atoms. The number of anilines is 1. The molecule has 4 heteroatoms. The lowest BCUT2D eigenvalue weighted by atomic mass is 10.0. The molecule has 0 spiro atoms. The van der Waals surface area contributed by atoms with Gasteiger partial charge in [0, 0.05) is 12.3 Å². The molecule has 0 aromatic heterocycles. The molecule has 1 aliphatic rings. The average Bonchev–Trinajstić information content (AvgIpc) is 2.25. The minimum absolute atomic E-state index is 0.0756. The summed E-state index contributed by atoms with van der Waals surface area (Å²) in [5.41, 5.74) is 3.27. The van der Waals surface area contributed by atoms with Gasteiger partial charge in [0.15, 0.2) is 0 Å². The first-order valence-electron chi connectivity index (χ1n) is 4.87. The van der Waals surface area contributed by atoms with Gasteiger partial charge in [-0.05, 0) is 12.1 Å². The number of carbonyl (C=O) groups excluding carboxylic acids is 2. The molecule has 1 aliphatic heterocycles. The molecule has 1 aromatic rings. The van der Waals surface area contributed by atoms with Gasteiger partial charge in [-0.3, -0.25) is 15.0 Å². The van der Waals surface area contributed by atoms with Crippen molar-refractivity contribution in [3.8, 4) is 0 Å². The van der Waals surface area contributed by atoms with E-state index in [2.05, 4.69) is 5.43 Å². The molecule has 0 radical (unpaired) electrons. The Kier molecular flexibility index (Phi) is 2.41. The van der Waals surface area contributed by atoms with Crippen LogP contribution >= 0.6 is 0 Å². The third kappa shape index (κ3) is 1.83. The molecule has 1 unspecified atom stereocenters. The van der Waals surface area contributed by atoms with Crippen molar-refractivity contribution in [3.63, 3.8) is 0 Å². The monoisotopic (exact) mass is 204 g/mol. The van der Waals surface area contributed by atoms with Gasteiger partial charge in [0.25, 0.3) is 0 Å². The molecule has 0 bridgehead atoms. The lowest BCUT2D eigenvalue weighted by Gasteiger charge is -2.30. The largest absolute Gasteiger partial charge is 0.273 e. The molecule has 2 amide bonds. The molecule has 2 rings (SSSR count). The Labute approximate surface area is 87.9 Å². The number of hydrazine groups is 1. The molecule has 0 saturated carbocycles. The average molecular weight is 204 g/mol. The van der Waals surface area contributed by atoms with Gasteiger partial charge in [-0.1, -0.05) is 25.1 Å². The summed E-state index contributed by atoms with van der Waals surface area (Å²) < 4.78 is 0. The molecule has 1 saturated heterocycles. The second-order valence-electron chi connectivity index (χ2n) is 3.65. The van der Waals surface area contributed by atoms with E-state index in [9.17, 15) is 9.59 Å². The second-order valence-corrected chi connectivity index (χ2v) is 3.65. The van der Waals surface area contributed by atoms with Crippen molar-refractivity contribution in [2.75, 3.05) is 5.01 Å². The smallest absolute Gasteiger partial charge is 0.246 e. The van der Waals surface area contributed by atoms with Crippen LogP contribution in [0.25, 0.3) is 0 Å². The summed E-state index contributed by atoms with van der Waals surface area (Å²) >= 11 is 0. The highest BCUT2D eigenvalue weighted by Gasteiger charge is 2.29. The lowest BCUT2D eigenvalue weighted by molar-refractivity contribution is -0.134. The maximum absolute atomic E-state index is 11.7. The van der Waals surface area contributed by atoms with Crippen LogP contribution in [-0.4, -0.2) is 11.8 Å². The van der Waals surface area contributed by atoms with Crippen molar-refractivity contribution >= 4 is 17.5 Å². The van der Waals surface area contributed by atoms with Crippen molar-refractivity contribution in [2.24, 2.45) is 5.92 Å². The number of nitrogens with zero attached hydrogens (tertiary/aromatic N) is 1. The highest BCUT2D eigenvalue weighted by molar-refractivity contribution is 6.02. The van der Waals surface area contributed by atoms with Gasteiger partial charge in [-0.15, -0.1) is 0 Å². The Bertz CT molecular complexity index is 389. The normalized spacial score (nSPS) is 21.4. The van der Waals surface area contributed by atoms with E-state index in [4.69, 9.17) is 0 Å². The van der Waals surface area contributed by atoms with Crippen LogP contribution in [0.2, 0.25) is 0 Å². The molecule has 1 N–H and O–H groups in total. The van der Waals surface area contributed by atoms with E-state index in [0.717, 1.165) is 0 Å². The SMILES string of the molecule is CC1CC(=O)N(c2ccccc2)NC1=O. The van der Waals surface area contributed by atoms with E-state index in [1.54, 1.807) is 19.1 Å². The Morgan fingerprint density at radius 3 is 2.60 bits per heavy atom. The van der Waals surface area contributed by atoms with E-state index in [1.807, 2.05) is 18.2 Å². The summed E-state index contributed by atoms with van der Waals surface area (Å²) in [6.07, 6.45) is 0.265. The van der Waals surface area contributed by atoms with Crippen molar-refractivity contribution < 1.29 is 9.59 Å². The van der Waals surface area contributed by atoms with Crippen LogP contribution in [0.4, 0.5) is 5.69 Å². The number of amides is 2. The van der Waals surface area contributed by atoms with Gasteiger partial charge in [0.1, 0.15) is 0 Å². The van der Waals surface area contributed by atoms with Gasteiger partial charge in [0.05, 0.1) is 5.69 Å². The van der Waals surface area contributed by atoms with E-state index in [0.29, 0.717) is 5.69 Å². The summed E-state index contributed by atoms with van der Waals surface area (Å²) in [5.74, 6) is -0.427. The number of nitrogens with one attached hydrogen (secondary N) is 1. The first-order chi connectivity index (χ1) is 7.18. The highest BCUT2D eigenvalue weighted by Crippen LogP contribution is 2.18. The summed E-state index contributed by atoms with van der Waals surface area (Å²) in [4.78, 5) is 23.1. The van der Waals surface area contributed by atoms with Crippen LogP contribution in [0.5, 0.6) is 0 Å². The highest BCUT2D eigenvalue weighted by atomic mass is 16.2. The van der Waals surface area contributed by atoms with Crippen LogP contribution in [0, 0.1) is 5.92 Å². The van der Waals surface area contributed by atoms with Gasteiger partial charge in [-0.2, -0.15) is 0 Å². The number of carbonyl (C=O) groups is 2. The first-order valence-corrected chi connectivity index (χ1v) is 4.87. The third-order valence-electron chi connectivity index (χ3n) is 2.41. The van der Waals surface area contributed by atoms with E-state index in [1.165, 1.54) is 5.01 Å². The fourth-order valence-corrected chi connectivity index (χ4v) is 1.51. The molecule has 1 heterocycles. The topological polar surface area (TPSA) is 49.4 Å². The van der Waals surface area contributed by atoms with Crippen molar-refractivity contribution in [1.29, 1.82) is 0 Å². The predicted octanol–water partition coefficient (Wildman–Crippen LogP) is 1.09. The van der Waals surface area contributed by atoms with Crippen LogP contribution in [0.15, 0.2) is 30.3 Å². The molecular weight excluding hydrogens is 192 g/mol. The van der Waals surface area contributed by atoms with Gasteiger partial charge in [-0.25, -0.2) is 5.01 Å². The maximum Gasteiger partial charge on any atom is 0.246 e. The molecule has 1 atom stereocenters. The molecule has 1 fully saturated rings. The first kappa shape index (κ1) is 9.71. The summed E-state index contributed by atoms with van der Waals surface area (Å²) in [7, 11) is 0. The van der Waals surface area contributed by atoms with Crippen molar-refractivity contribution in [3.05, 3.63) is 30.3 Å². The molecule has 1 aromatic carbocycles. The standard InChI is InChI=1S/C11H12N2O2/c1-8-7-10(14)13(12-11(8)15)9-5-3-2-4-6-9/h2-6,8H,7H2,1H3,(H,12,15). The number of para-hydroxylation sites is 1. The Morgan fingerprint density at radius 1 is 1.27 bits per heavy atom. The number of hydrogen-bond donors (Lipinski definition) is 1. The Balaban J connectivity index is 2.24. The number of hydrogen-bond acceptors (Lipinski definition) is 2. The summed E-state index contributed by atoms with van der Waals surface area (Å²) in [6, 6.07) is 9.09. The number of rotatable bonds is 1. The van der Waals surface area contributed by atoms with E-state index >= 15 is 0 Å². The van der Waals surface area contributed by atoms with Crippen LogP contribution < -0.4 is 10.4 Å². The van der Waals surface area contributed by atoms with E-state index in [-0.39, 0.29) is 24.2 Å². The van der Waals surface area contributed by atoms with Crippen LogP contribution in [0.1, 0.15) is 13.3 Å². The fourth-order valence-electron chi connectivity index (χ4n) is 1.51. The third-order valence-corrected chi connectivity index (χ3v) is 2.41. The fraction of sp³-hybridized carbons (Fsp3) is 0.273. The molecule has 0 aliphatic carbocycles. The summed E-state index contributed by atoms with van der Waals surface area (Å²) in [6.45, 7) is 1.75. The van der Waals surface area contributed by atoms with Crippen LogP contribution in [-0.2, 0) is 9.59 Å². The molecule has 4 nitrogen and oxygen atoms in total. The zero-order chi connectivity index (χ0) is 10.8. The van der Waals surface area contributed by atoms with Gasteiger partial charge in [0.2, 0.25) is 11.8 Å². The lowest BCUT2D eigenvalue weighted by Crippen LogP contribution is -2.53. The van der Waals surface area contributed by atoms with Gasteiger partial charge >= 0.3 is 0 Å².